The number of rotatable bonds is 4. The Morgan fingerprint density at radius 3 is 2.41 bits per heavy atom. The van der Waals surface area contributed by atoms with Gasteiger partial charge in [0, 0.05) is 10.6 Å². The van der Waals surface area contributed by atoms with Crippen LogP contribution in [0.4, 0.5) is 0 Å². The molecule has 2 heteroatoms. The number of thioether (sulfide) groups is 1. The molecular weight excluding hydrogens is 226 g/mol. The van der Waals surface area contributed by atoms with Crippen molar-refractivity contribution in [2.75, 3.05) is 18.8 Å². The number of benzene rings is 1. The molecule has 0 atom stereocenters. The second-order valence-electron chi connectivity index (χ2n) is 5.23. The molecule has 0 bridgehead atoms. The summed E-state index contributed by atoms with van der Waals surface area (Å²) < 4.78 is 0. The number of piperidine rings is 1. The van der Waals surface area contributed by atoms with Gasteiger partial charge >= 0.3 is 0 Å². The van der Waals surface area contributed by atoms with Crippen LogP contribution in [-0.2, 0) is 0 Å². The Morgan fingerprint density at radius 1 is 1.18 bits per heavy atom. The van der Waals surface area contributed by atoms with E-state index in [2.05, 4.69) is 43.4 Å². The monoisotopic (exact) mass is 249 g/mol. The van der Waals surface area contributed by atoms with Crippen LogP contribution >= 0.6 is 11.8 Å². The highest BCUT2D eigenvalue weighted by atomic mass is 32.2. The Balaban J connectivity index is 1.82. The van der Waals surface area contributed by atoms with Gasteiger partial charge in [-0.25, -0.2) is 0 Å². The Hall–Kier alpha value is -0.470. The summed E-state index contributed by atoms with van der Waals surface area (Å²) in [6, 6.07) is 9.10. The summed E-state index contributed by atoms with van der Waals surface area (Å²) in [4.78, 5) is 1.42. The summed E-state index contributed by atoms with van der Waals surface area (Å²) in [6.45, 7) is 6.91. The van der Waals surface area contributed by atoms with Crippen LogP contribution in [0.3, 0.4) is 0 Å². The summed E-state index contributed by atoms with van der Waals surface area (Å²) in [5.41, 5.74) is 1.44. The number of hydrogen-bond acceptors (Lipinski definition) is 2. The maximum atomic E-state index is 3.42. The summed E-state index contributed by atoms with van der Waals surface area (Å²) in [5, 5.41) is 3.42. The molecule has 0 aliphatic carbocycles. The Morgan fingerprint density at radius 2 is 1.82 bits per heavy atom. The molecule has 1 aliphatic rings. The number of nitrogens with one attached hydrogen (secondary N) is 1. The lowest BCUT2D eigenvalue weighted by atomic mass is 10.0. The minimum Gasteiger partial charge on any atom is -0.317 e. The first-order chi connectivity index (χ1) is 8.25. The fourth-order valence-electron chi connectivity index (χ4n) is 2.21. The molecule has 1 N–H and O–H groups in total. The lowest BCUT2D eigenvalue weighted by Gasteiger charge is -2.22. The molecule has 1 nitrogen and oxygen atoms in total. The van der Waals surface area contributed by atoms with Crippen LogP contribution < -0.4 is 5.32 Å². The van der Waals surface area contributed by atoms with Gasteiger partial charge in [0.15, 0.2) is 0 Å². The molecule has 1 heterocycles. The van der Waals surface area contributed by atoms with Crippen LogP contribution in [0.5, 0.6) is 0 Å². The minimum atomic E-state index is 0.637. The van der Waals surface area contributed by atoms with Crippen molar-refractivity contribution in [2.24, 2.45) is 5.92 Å². The van der Waals surface area contributed by atoms with Crippen LogP contribution in [-0.4, -0.2) is 18.8 Å². The molecule has 0 aromatic heterocycles. The smallest absolute Gasteiger partial charge is 0.00722 e. The fraction of sp³-hybridized carbons (Fsp3) is 0.600. The Kier molecular flexibility index (Phi) is 4.93. The normalized spacial score (nSPS) is 17.6. The van der Waals surface area contributed by atoms with Crippen molar-refractivity contribution < 1.29 is 0 Å². The highest BCUT2D eigenvalue weighted by Crippen LogP contribution is 2.26. The van der Waals surface area contributed by atoms with E-state index in [1.54, 1.807) is 0 Å². The van der Waals surface area contributed by atoms with E-state index in [0.717, 1.165) is 5.92 Å². The lowest BCUT2D eigenvalue weighted by Crippen LogP contribution is -2.28. The van der Waals surface area contributed by atoms with Gasteiger partial charge in [0.1, 0.15) is 0 Å². The Labute approximate surface area is 109 Å². The van der Waals surface area contributed by atoms with Gasteiger partial charge in [-0.1, -0.05) is 26.0 Å². The fourth-order valence-corrected chi connectivity index (χ4v) is 3.30. The maximum Gasteiger partial charge on any atom is 0.00722 e. The van der Waals surface area contributed by atoms with E-state index in [9.17, 15) is 0 Å². The van der Waals surface area contributed by atoms with Crippen LogP contribution in [0.2, 0.25) is 0 Å². The Bertz CT molecular complexity index is 325. The molecule has 1 saturated heterocycles. The summed E-state index contributed by atoms with van der Waals surface area (Å²) >= 11 is 2.02. The van der Waals surface area contributed by atoms with Gasteiger partial charge in [-0.3, -0.25) is 0 Å². The van der Waals surface area contributed by atoms with Crippen LogP contribution in [0.25, 0.3) is 0 Å². The predicted octanol–water partition coefficient (Wildman–Crippen LogP) is 3.90. The van der Waals surface area contributed by atoms with E-state index in [0.29, 0.717) is 5.92 Å². The van der Waals surface area contributed by atoms with Crippen molar-refractivity contribution in [3.63, 3.8) is 0 Å². The summed E-state index contributed by atoms with van der Waals surface area (Å²) in [7, 11) is 0. The van der Waals surface area contributed by atoms with E-state index >= 15 is 0 Å². The first kappa shape index (κ1) is 13.0. The highest BCUT2D eigenvalue weighted by molar-refractivity contribution is 7.99. The average Bonchev–Trinajstić information content (AvgIpc) is 2.38. The standard InChI is InChI=1S/C15H23NS/c1-12(2)14-3-5-15(6-4-14)17-11-13-7-9-16-10-8-13/h3-6,12-13,16H,7-11H2,1-2H3. The molecule has 2 rings (SSSR count). The van der Waals surface area contributed by atoms with Gasteiger partial charge < -0.3 is 5.32 Å². The number of hydrogen-bond donors (Lipinski definition) is 1. The van der Waals surface area contributed by atoms with Gasteiger partial charge in [0.05, 0.1) is 0 Å². The quantitative estimate of drug-likeness (QED) is 0.812. The topological polar surface area (TPSA) is 12.0 Å². The molecule has 1 aromatic rings. The first-order valence-electron chi connectivity index (χ1n) is 6.69. The van der Waals surface area contributed by atoms with Crippen molar-refractivity contribution in [1.82, 2.24) is 5.32 Å². The lowest BCUT2D eigenvalue weighted by molar-refractivity contribution is 0.408. The summed E-state index contributed by atoms with van der Waals surface area (Å²) in [5.74, 6) is 2.83. The van der Waals surface area contributed by atoms with Crippen molar-refractivity contribution >= 4 is 11.8 Å². The van der Waals surface area contributed by atoms with Crippen LogP contribution in [0.1, 0.15) is 38.2 Å². The molecule has 17 heavy (non-hydrogen) atoms. The molecule has 0 unspecified atom stereocenters. The molecule has 1 aromatic carbocycles. The zero-order chi connectivity index (χ0) is 12.1. The van der Waals surface area contributed by atoms with E-state index in [-0.39, 0.29) is 0 Å². The van der Waals surface area contributed by atoms with Gasteiger partial charge in [0.25, 0.3) is 0 Å². The molecule has 0 saturated carbocycles. The third kappa shape index (κ3) is 4.04. The molecule has 0 amide bonds. The molecule has 1 aliphatic heterocycles. The van der Waals surface area contributed by atoms with Crippen molar-refractivity contribution in [3.05, 3.63) is 29.8 Å². The molecular formula is C15H23NS. The predicted molar refractivity (Wildman–Crippen MR) is 76.8 cm³/mol. The molecule has 1 fully saturated rings. The van der Waals surface area contributed by atoms with Gasteiger partial charge in [-0.2, -0.15) is 0 Å². The SMILES string of the molecule is CC(C)c1ccc(SCC2CCNCC2)cc1. The van der Waals surface area contributed by atoms with E-state index in [1.807, 2.05) is 11.8 Å². The zero-order valence-corrected chi connectivity index (χ0v) is 11.7. The van der Waals surface area contributed by atoms with Crippen molar-refractivity contribution in [1.29, 1.82) is 0 Å². The third-order valence-electron chi connectivity index (χ3n) is 3.49. The van der Waals surface area contributed by atoms with Crippen LogP contribution in [0, 0.1) is 5.92 Å². The summed E-state index contributed by atoms with van der Waals surface area (Å²) in [6.07, 6.45) is 2.69. The van der Waals surface area contributed by atoms with Gasteiger partial charge in [-0.15, -0.1) is 11.8 Å². The van der Waals surface area contributed by atoms with E-state index in [4.69, 9.17) is 0 Å². The van der Waals surface area contributed by atoms with E-state index in [1.165, 1.54) is 42.1 Å². The second-order valence-corrected chi connectivity index (χ2v) is 6.32. The molecule has 0 spiro atoms. The minimum absolute atomic E-state index is 0.637. The molecule has 0 radical (unpaired) electrons. The maximum absolute atomic E-state index is 3.42. The molecule has 94 valence electrons. The van der Waals surface area contributed by atoms with Gasteiger partial charge in [-0.05, 0) is 55.5 Å². The van der Waals surface area contributed by atoms with Crippen LogP contribution in [0.15, 0.2) is 29.2 Å². The van der Waals surface area contributed by atoms with Crippen molar-refractivity contribution in [3.8, 4) is 0 Å². The first-order valence-corrected chi connectivity index (χ1v) is 7.67. The zero-order valence-electron chi connectivity index (χ0n) is 10.9. The van der Waals surface area contributed by atoms with Gasteiger partial charge in [0.2, 0.25) is 0 Å². The van der Waals surface area contributed by atoms with E-state index < -0.39 is 0 Å². The second kappa shape index (κ2) is 6.46. The van der Waals surface area contributed by atoms with Crippen molar-refractivity contribution in [2.45, 2.75) is 37.5 Å². The largest absolute Gasteiger partial charge is 0.317 e. The third-order valence-corrected chi connectivity index (χ3v) is 4.73. The average molecular weight is 249 g/mol. The highest BCUT2D eigenvalue weighted by Gasteiger charge is 2.12.